The molecule has 124 valence electrons. The summed E-state index contributed by atoms with van der Waals surface area (Å²) >= 11 is 5.99. The molecule has 3 aromatic rings. The zero-order chi connectivity index (χ0) is 17.4. The minimum Gasteiger partial charge on any atom is -0.361 e. The van der Waals surface area contributed by atoms with Gasteiger partial charge in [0.2, 0.25) is 0 Å². The number of benzene rings is 3. The minimum absolute atomic E-state index is 0.0105. The summed E-state index contributed by atoms with van der Waals surface area (Å²) in [6, 6.07) is 23.2. The number of hydrogen-bond donors (Lipinski definition) is 1. The standard InChI is InChI=1S/C21H17ClN2O/c1-14-6-2-5-9-19(14)24-20(23-16-12-10-15(22)11-13-16)17-7-3-4-8-18(17)21(24)25/h2-13,20,23H,1H3/t20-/m1/s1. The molecule has 1 atom stereocenters. The van der Waals surface area contributed by atoms with Crippen LogP contribution in [0.15, 0.2) is 72.8 Å². The molecular formula is C21H17ClN2O. The Labute approximate surface area is 151 Å². The van der Waals surface area contributed by atoms with Gasteiger partial charge in [0.15, 0.2) is 0 Å². The van der Waals surface area contributed by atoms with Gasteiger partial charge in [-0.05, 0) is 48.9 Å². The van der Waals surface area contributed by atoms with E-state index in [0.717, 1.165) is 28.1 Å². The van der Waals surface area contributed by atoms with E-state index in [4.69, 9.17) is 11.6 Å². The van der Waals surface area contributed by atoms with Crippen molar-refractivity contribution in [2.75, 3.05) is 10.2 Å². The highest BCUT2D eigenvalue weighted by Gasteiger charge is 2.38. The minimum atomic E-state index is -0.258. The molecule has 1 aliphatic heterocycles. The molecule has 4 rings (SSSR count). The lowest BCUT2D eigenvalue weighted by atomic mass is 10.1. The van der Waals surface area contributed by atoms with E-state index in [1.807, 2.05) is 84.6 Å². The zero-order valence-corrected chi connectivity index (χ0v) is 14.5. The summed E-state index contributed by atoms with van der Waals surface area (Å²) in [6.07, 6.45) is -0.258. The Bertz CT molecular complexity index is 937. The van der Waals surface area contributed by atoms with Crippen molar-refractivity contribution in [3.8, 4) is 0 Å². The molecular weight excluding hydrogens is 332 g/mol. The molecule has 0 saturated heterocycles. The molecule has 0 fully saturated rings. The number of nitrogens with one attached hydrogen (secondary N) is 1. The third-order valence-corrected chi connectivity index (χ3v) is 4.74. The fourth-order valence-corrected chi connectivity index (χ4v) is 3.37. The predicted octanol–water partition coefficient (Wildman–Crippen LogP) is 5.42. The smallest absolute Gasteiger partial charge is 0.260 e. The molecule has 0 unspecified atom stereocenters. The van der Waals surface area contributed by atoms with Crippen molar-refractivity contribution in [1.29, 1.82) is 0 Å². The number of hydrogen-bond acceptors (Lipinski definition) is 2. The van der Waals surface area contributed by atoms with Crippen LogP contribution in [0.2, 0.25) is 5.02 Å². The van der Waals surface area contributed by atoms with Gasteiger partial charge in [0.05, 0.1) is 0 Å². The second kappa shape index (κ2) is 6.26. The molecule has 1 amide bonds. The van der Waals surface area contributed by atoms with Crippen LogP contribution in [0, 0.1) is 6.92 Å². The number of para-hydroxylation sites is 1. The van der Waals surface area contributed by atoms with E-state index < -0.39 is 0 Å². The lowest BCUT2D eigenvalue weighted by molar-refractivity contribution is 0.0993. The summed E-state index contributed by atoms with van der Waals surface area (Å²) in [5.74, 6) is 0.0105. The maximum Gasteiger partial charge on any atom is 0.260 e. The Kier molecular flexibility index (Phi) is 3.94. The van der Waals surface area contributed by atoms with Gasteiger partial charge < -0.3 is 5.32 Å². The van der Waals surface area contributed by atoms with E-state index in [1.54, 1.807) is 0 Å². The van der Waals surface area contributed by atoms with E-state index >= 15 is 0 Å². The zero-order valence-electron chi connectivity index (χ0n) is 13.7. The summed E-state index contributed by atoms with van der Waals surface area (Å²) in [7, 11) is 0. The Balaban J connectivity index is 1.80. The van der Waals surface area contributed by atoms with Crippen molar-refractivity contribution in [1.82, 2.24) is 0 Å². The van der Waals surface area contributed by atoms with E-state index in [9.17, 15) is 4.79 Å². The van der Waals surface area contributed by atoms with Crippen molar-refractivity contribution in [2.45, 2.75) is 13.1 Å². The molecule has 25 heavy (non-hydrogen) atoms. The van der Waals surface area contributed by atoms with E-state index in [2.05, 4.69) is 5.32 Å². The Morgan fingerprint density at radius 1 is 0.920 bits per heavy atom. The van der Waals surface area contributed by atoms with Gasteiger partial charge in [0.1, 0.15) is 6.17 Å². The van der Waals surface area contributed by atoms with Crippen LogP contribution >= 0.6 is 11.6 Å². The second-order valence-electron chi connectivity index (χ2n) is 6.10. The number of carbonyl (C=O) groups is 1. The van der Waals surface area contributed by atoms with Gasteiger partial charge >= 0.3 is 0 Å². The third kappa shape index (κ3) is 2.77. The van der Waals surface area contributed by atoms with Crippen LogP contribution in [-0.4, -0.2) is 5.91 Å². The molecule has 0 aliphatic carbocycles. The largest absolute Gasteiger partial charge is 0.361 e. The SMILES string of the molecule is Cc1ccccc1N1C(=O)c2ccccc2[C@@H]1Nc1ccc(Cl)cc1. The van der Waals surface area contributed by atoms with Gasteiger partial charge in [-0.15, -0.1) is 0 Å². The maximum atomic E-state index is 13.1. The lowest BCUT2D eigenvalue weighted by Crippen LogP contribution is -2.32. The van der Waals surface area contributed by atoms with E-state index in [1.165, 1.54) is 0 Å². The predicted molar refractivity (Wildman–Crippen MR) is 102 cm³/mol. The molecule has 1 heterocycles. The Morgan fingerprint density at radius 3 is 2.36 bits per heavy atom. The van der Waals surface area contributed by atoms with Crippen molar-refractivity contribution >= 4 is 28.9 Å². The first-order chi connectivity index (χ1) is 12.1. The molecule has 1 aliphatic rings. The number of carbonyl (C=O) groups excluding carboxylic acids is 1. The summed E-state index contributed by atoms with van der Waals surface area (Å²) in [6.45, 7) is 2.02. The molecule has 3 aromatic carbocycles. The van der Waals surface area contributed by atoms with Crippen LogP contribution in [0.25, 0.3) is 0 Å². The van der Waals surface area contributed by atoms with Gasteiger partial charge in [0, 0.05) is 27.5 Å². The molecule has 0 saturated carbocycles. The van der Waals surface area contributed by atoms with Crippen LogP contribution in [-0.2, 0) is 0 Å². The fourth-order valence-electron chi connectivity index (χ4n) is 3.24. The molecule has 0 bridgehead atoms. The van der Waals surface area contributed by atoms with Crippen LogP contribution in [0.3, 0.4) is 0 Å². The van der Waals surface area contributed by atoms with E-state index in [0.29, 0.717) is 5.02 Å². The molecule has 3 nitrogen and oxygen atoms in total. The molecule has 0 radical (unpaired) electrons. The van der Waals surface area contributed by atoms with Gasteiger partial charge in [-0.3, -0.25) is 9.69 Å². The normalized spacial score (nSPS) is 16.0. The van der Waals surface area contributed by atoms with E-state index in [-0.39, 0.29) is 12.1 Å². The first-order valence-electron chi connectivity index (χ1n) is 8.15. The van der Waals surface area contributed by atoms with Crippen LogP contribution in [0.4, 0.5) is 11.4 Å². The summed E-state index contributed by atoms with van der Waals surface area (Å²) in [5, 5.41) is 4.16. The Morgan fingerprint density at radius 2 is 1.60 bits per heavy atom. The average molecular weight is 349 g/mol. The highest BCUT2D eigenvalue weighted by Crippen LogP contribution is 2.39. The highest BCUT2D eigenvalue weighted by atomic mass is 35.5. The average Bonchev–Trinajstić information content (AvgIpc) is 2.90. The van der Waals surface area contributed by atoms with Gasteiger partial charge in [-0.25, -0.2) is 0 Å². The van der Waals surface area contributed by atoms with Gasteiger partial charge in [0.25, 0.3) is 5.91 Å². The second-order valence-corrected chi connectivity index (χ2v) is 6.54. The van der Waals surface area contributed by atoms with Crippen LogP contribution in [0.1, 0.15) is 27.7 Å². The maximum absolute atomic E-state index is 13.1. The van der Waals surface area contributed by atoms with Crippen molar-refractivity contribution in [3.63, 3.8) is 0 Å². The van der Waals surface area contributed by atoms with Crippen LogP contribution < -0.4 is 10.2 Å². The summed E-state index contributed by atoms with van der Waals surface area (Å²) in [5.41, 5.74) is 4.60. The third-order valence-electron chi connectivity index (χ3n) is 4.49. The monoisotopic (exact) mass is 348 g/mol. The number of fused-ring (bicyclic) bond motifs is 1. The van der Waals surface area contributed by atoms with Crippen molar-refractivity contribution in [3.05, 3.63) is 94.5 Å². The number of anilines is 2. The summed E-state index contributed by atoms with van der Waals surface area (Å²) < 4.78 is 0. The van der Waals surface area contributed by atoms with Gasteiger partial charge in [-0.2, -0.15) is 0 Å². The number of rotatable bonds is 3. The first-order valence-corrected chi connectivity index (χ1v) is 8.53. The molecule has 0 aromatic heterocycles. The van der Waals surface area contributed by atoms with Crippen LogP contribution in [0.5, 0.6) is 0 Å². The molecule has 0 spiro atoms. The molecule has 1 N–H and O–H groups in total. The Hall–Kier alpha value is -2.78. The highest BCUT2D eigenvalue weighted by molar-refractivity contribution is 6.30. The number of halogens is 1. The quantitative estimate of drug-likeness (QED) is 0.685. The van der Waals surface area contributed by atoms with Crippen molar-refractivity contribution in [2.24, 2.45) is 0 Å². The summed E-state index contributed by atoms with van der Waals surface area (Å²) in [4.78, 5) is 14.9. The molecule has 4 heteroatoms. The first kappa shape index (κ1) is 15.7. The number of nitrogens with zero attached hydrogens (tertiary/aromatic N) is 1. The fraction of sp³-hybridized carbons (Fsp3) is 0.0952. The number of aryl methyl sites for hydroxylation is 1. The van der Waals surface area contributed by atoms with Crippen molar-refractivity contribution < 1.29 is 4.79 Å². The number of amides is 1. The topological polar surface area (TPSA) is 32.3 Å². The van der Waals surface area contributed by atoms with Gasteiger partial charge in [-0.1, -0.05) is 48.0 Å². The lowest BCUT2D eigenvalue weighted by Gasteiger charge is -2.28.